The molecule has 130 valence electrons. The van der Waals surface area contributed by atoms with Crippen molar-refractivity contribution < 1.29 is 17.7 Å². The monoisotopic (exact) mass is 359 g/mol. The highest BCUT2D eigenvalue weighted by Crippen LogP contribution is 2.27. The first kappa shape index (κ1) is 17.1. The molecule has 0 atom stereocenters. The quantitative estimate of drug-likeness (QED) is 0.727. The minimum absolute atomic E-state index is 0.0984. The second-order valence-electron chi connectivity index (χ2n) is 5.30. The van der Waals surface area contributed by atoms with Crippen molar-refractivity contribution in [2.45, 2.75) is 18.4 Å². The summed E-state index contributed by atoms with van der Waals surface area (Å²) >= 11 is 0. The molecule has 0 radical (unpaired) electrons. The van der Waals surface area contributed by atoms with Gasteiger partial charge in [0, 0.05) is 0 Å². The van der Waals surface area contributed by atoms with E-state index in [2.05, 4.69) is 14.9 Å². The molecule has 0 aliphatic heterocycles. The second-order valence-corrected chi connectivity index (χ2v) is 7.04. The van der Waals surface area contributed by atoms with Gasteiger partial charge in [0.15, 0.2) is 0 Å². The minimum Gasteiger partial charge on any atom is -0.496 e. The van der Waals surface area contributed by atoms with Crippen LogP contribution >= 0.6 is 0 Å². The Hall–Kier alpha value is -2.71. The molecule has 0 aliphatic carbocycles. The zero-order valence-electron chi connectivity index (χ0n) is 13.8. The SMILES string of the molecule is COc1ccccc1-c1noc(CNS(=O)(=O)c2ccccc2C)n1. The van der Waals surface area contributed by atoms with Crippen LogP contribution < -0.4 is 9.46 Å². The van der Waals surface area contributed by atoms with Crippen LogP contribution in [-0.2, 0) is 16.6 Å². The van der Waals surface area contributed by atoms with Crippen LogP contribution in [0, 0.1) is 6.92 Å². The number of hydrogen-bond acceptors (Lipinski definition) is 6. The van der Waals surface area contributed by atoms with E-state index in [4.69, 9.17) is 9.26 Å². The van der Waals surface area contributed by atoms with Gasteiger partial charge in [-0.15, -0.1) is 0 Å². The number of rotatable bonds is 6. The number of nitrogens with zero attached hydrogens (tertiary/aromatic N) is 2. The molecular formula is C17H17N3O4S. The third kappa shape index (κ3) is 3.70. The van der Waals surface area contributed by atoms with E-state index in [1.165, 1.54) is 0 Å². The Balaban J connectivity index is 1.77. The first-order valence-electron chi connectivity index (χ1n) is 7.52. The Morgan fingerprint density at radius 1 is 1.12 bits per heavy atom. The predicted octanol–water partition coefficient (Wildman–Crippen LogP) is 2.53. The highest BCUT2D eigenvalue weighted by Gasteiger charge is 2.18. The van der Waals surface area contributed by atoms with E-state index in [-0.39, 0.29) is 17.3 Å². The maximum atomic E-state index is 12.4. The molecule has 1 N–H and O–H groups in total. The number of benzene rings is 2. The lowest BCUT2D eigenvalue weighted by Gasteiger charge is -2.07. The molecule has 25 heavy (non-hydrogen) atoms. The first-order valence-corrected chi connectivity index (χ1v) is 9.01. The Morgan fingerprint density at radius 3 is 2.60 bits per heavy atom. The normalized spacial score (nSPS) is 11.4. The third-order valence-electron chi connectivity index (χ3n) is 3.61. The van der Waals surface area contributed by atoms with Gasteiger partial charge in [0.1, 0.15) is 5.75 Å². The van der Waals surface area contributed by atoms with E-state index in [1.54, 1.807) is 50.4 Å². The summed E-state index contributed by atoms with van der Waals surface area (Å²) in [5.74, 6) is 1.11. The van der Waals surface area contributed by atoms with Crippen LogP contribution in [0.5, 0.6) is 5.75 Å². The van der Waals surface area contributed by atoms with E-state index in [1.807, 2.05) is 12.1 Å². The van der Waals surface area contributed by atoms with Gasteiger partial charge in [-0.3, -0.25) is 0 Å². The van der Waals surface area contributed by atoms with Gasteiger partial charge in [-0.25, -0.2) is 13.1 Å². The molecule has 0 fully saturated rings. The Labute approximate surface area is 145 Å². The van der Waals surface area contributed by atoms with Crippen molar-refractivity contribution >= 4 is 10.0 Å². The van der Waals surface area contributed by atoms with E-state index < -0.39 is 10.0 Å². The lowest BCUT2D eigenvalue weighted by atomic mass is 10.2. The summed E-state index contributed by atoms with van der Waals surface area (Å²) < 4.78 is 37.6. The minimum atomic E-state index is -3.66. The fourth-order valence-corrected chi connectivity index (χ4v) is 3.58. The van der Waals surface area contributed by atoms with E-state index in [9.17, 15) is 8.42 Å². The molecule has 1 aromatic heterocycles. The van der Waals surface area contributed by atoms with Crippen molar-refractivity contribution in [2.75, 3.05) is 7.11 Å². The average Bonchev–Trinajstić information content (AvgIpc) is 3.09. The molecule has 7 nitrogen and oxygen atoms in total. The molecule has 3 rings (SSSR count). The fourth-order valence-electron chi connectivity index (χ4n) is 2.36. The van der Waals surface area contributed by atoms with Crippen molar-refractivity contribution in [1.29, 1.82) is 0 Å². The van der Waals surface area contributed by atoms with Crippen LogP contribution in [0.1, 0.15) is 11.5 Å². The standard InChI is InChI=1S/C17H17N3O4S/c1-12-7-3-6-10-15(12)25(21,22)18-11-16-19-17(20-24-16)13-8-4-5-9-14(13)23-2/h3-10,18H,11H2,1-2H3. The van der Waals surface area contributed by atoms with E-state index >= 15 is 0 Å². The number of sulfonamides is 1. The van der Waals surface area contributed by atoms with Gasteiger partial charge < -0.3 is 9.26 Å². The van der Waals surface area contributed by atoms with Crippen molar-refractivity contribution in [3.8, 4) is 17.1 Å². The molecule has 3 aromatic rings. The molecule has 0 saturated carbocycles. The molecule has 8 heteroatoms. The van der Waals surface area contributed by atoms with Crippen LogP contribution in [0.2, 0.25) is 0 Å². The number of ether oxygens (including phenoxy) is 1. The van der Waals surface area contributed by atoms with Crippen LogP contribution in [0.25, 0.3) is 11.4 Å². The first-order chi connectivity index (χ1) is 12.0. The summed E-state index contributed by atoms with van der Waals surface area (Å²) in [5, 5.41) is 3.89. The van der Waals surface area contributed by atoms with Gasteiger partial charge in [0.2, 0.25) is 21.7 Å². The highest BCUT2D eigenvalue weighted by atomic mass is 32.2. The topological polar surface area (TPSA) is 94.3 Å². The Kier molecular flexibility index (Phi) is 4.82. The second kappa shape index (κ2) is 7.04. The van der Waals surface area contributed by atoms with Gasteiger partial charge in [-0.05, 0) is 30.7 Å². The number of hydrogen-bond donors (Lipinski definition) is 1. The van der Waals surface area contributed by atoms with Gasteiger partial charge in [0.25, 0.3) is 0 Å². The summed E-state index contributed by atoms with van der Waals surface area (Å²) in [6, 6.07) is 14.0. The lowest BCUT2D eigenvalue weighted by Crippen LogP contribution is -2.24. The van der Waals surface area contributed by atoms with Gasteiger partial charge in [0.05, 0.1) is 24.1 Å². The molecular weight excluding hydrogens is 342 g/mol. The van der Waals surface area contributed by atoms with Crippen molar-refractivity contribution in [3.05, 3.63) is 60.0 Å². The Bertz CT molecular complexity index is 983. The smallest absolute Gasteiger partial charge is 0.242 e. The summed E-state index contributed by atoms with van der Waals surface area (Å²) in [7, 11) is -2.11. The molecule has 1 heterocycles. The zero-order valence-corrected chi connectivity index (χ0v) is 14.6. The fraction of sp³-hybridized carbons (Fsp3) is 0.176. The van der Waals surface area contributed by atoms with Gasteiger partial charge in [-0.1, -0.05) is 35.5 Å². The lowest BCUT2D eigenvalue weighted by molar-refractivity contribution is 0.375. The molecule has 0 bridgehead atoms. The molecule has 0 saturated heterocycles. The van der Waals surface area contributed by atoms with Crippen LogP contribution in [-0.4, -0.2) is 25.7 Å². The van der Waals surface area contributed by atoms with E-state index in [0.29, 0.717) is 22.7 Å². The summed E-state index contributed by atoms with van der Waals surface area (Å²) in [4.78, 5) is 4.45. The maximum absolute atomic E-state index is 12.4. The van der Waals surface area contributed by atoms with Crippen LogP contribution in [0.3, 0.4) is 0 Å². The van der Waals surface area contributed by atoms with Gasteiger partial charge in [-0.2, -0.15) is 4.98 Å². The highest BCUT2D eigenvalue weighted by molar-refractivity contribution is 7.89. The molecule has 0 aliphatic rings. The number of para-hydroxylation sites is 1. The predicted molar refractivity (Wildman–Crippen MR) is 91.5 cm³/mol. The van der Waals surface area contributed by atoms with Crippen LogP contribution in [0.4, 0.5) is 0 Å². The molecule has 0 spiro atoms. The van der Waals surface area contributed by atoms with Gasteiger partial charge >= 0.3 is 0 Å². The van der Waals surface area contributed by atoms with Crippen molar-refractivity contribution in [2.24, 2.45) is 0 Å². The zero-order chi connectivity index (χ0) is 17.9. The third-order valence-corrected chi connectivity index (χ3v) is 5.17. The maximum Gasteiger partial charge on any atom is 0.242 e. The van der Waals surface area contributed by atoms with Crippen LogP contribution in [0.15, 0.2) is 57.9 Å². The van der Waals surface area contributed by atoms with Crippen molar-refractivity contribution in [3.63, 3.8) is 0 Å². The number of nitrogens with one attached hydrogen (secondary N) is 1. The number of methoxy groups -OCH3 is 1. The average molecular weight is 359 g/mol. The summed E-state index contributed by atoms with van der Waals surface area (Å²) in [6.45, 7) is 1.64. The number of aryl methyl sites for hydroxylation is 1. The molecule has 2 aromatic carbocycles. The largest absolute Gasteiger partial charge is 0.496 e. The molecule has 0 unspecified atom stereocenters. The summed E-state index contributed by atoms with van der Waals surface area (Å²) in [6.07, 6.45) is 0. The van der Waals surface area contributed by atoms with Crippen molar-refractivity contribution in [1.82, 2.24) is 14.9 Å². The molecule has 0 amide bonds. The number of aromatic nitrogens is 2. The Morgan fingerprint density at radius 2 is 1.84 bits per heavy atom. The van der Waals surface area contributed by atoms with E-state index in [0.717, 1.165) is 0 Å². The summed E-state index contributed by atoms with van der Waals surface area (Å²) in [5.41, 5.74) is 1.33.